The van der Waals surface area contributed by atoms with Gasteiger partial charge in [0.1, 0.15) is 5.82 Å². The van der Waals surface area contributed by atoms with Crippen LogP contribution in [0.1, 0.15) is 35.2 Å². The van der Waals surface area contributed by atoms with Gasteiger partial charge in [0.25, 0.3) is 0 Å². The molecule has 3 nitrogen and oxygen atoms in total. The molecular weight excluding hydrogens is 242 g/mol. The molecule has 1 fully saturated rings. The minimum absolute atomic E-state index is 0.624. The summed E-state index contributed by atoms with van der Waals surface area (Å²) in [5, 5.41) is 5.61. The van der Waals surface area contributed by atoms with Gasteiger partial charge in [-0.2, -0.15) is 0 Å². The topological polar surface area (TPSA) is 40.7 Å². The minimum Gasteiger partial charge on any atom is -0.345 e. The van der Waals surface area contributed by atoms with Crippen LogP contribution in [0.15, 0.2) is 11.4 Å². The molecule has 0 amide bonds. The monoisotopic (exact) mass is 259 g/mol. The van der Waals surface area contributed by atoms with Crippen molar-refractivity contribution in [3.63, 3.8) is 0 Å². The van der Waals surface area contributed by atoms with Gasteiger partial charge < -0.3 is 10.3 Å². The average molecular weight is 259 g/mol. The standard InChI is InChI=1S/C14H17N3S/c1-2-12-10(5-8-18-12)13-11(1)16-14(17-13)9-3-6-15-7-4-9/h5,8-9,15H,1-4,6-7H2,(H,16,17). The lowest BCUT2D eigenvalue weighted by molar-refractivity contribution is 0.447. The number of rotatable bonds is 1. The second-order valence-electron chi connectivity index (χ2n) is 5.23. The molecule has 3 heterocycles. The quantitative estimate of drug-likeness (QED) is 0.826. The molecule has 0 radical (unpaired) electrons. The molecular formula is C14H17N3S. The van der Waals surface area contributed by atoms with E-state index in [-0.39, 0.29) is 0 Å². The summed E-state index contributed by atoms with van der Waals surface area (Å²) in [7, 11) is 0. The van der Waals surface area contributed by atoms with E-state index >= 15 is 0 Å². The molecule has 1 saturated heterocycles. The highest BCUT2D eigenvalue weighted by molar-refractivity contribution is 7.10. The highest BCUT2D eigenvalue weighted by Gasteiger charge is 2.25. The molecule has 2 aromatic heterocycles. The summed E-state index contributed by atoms with van der Waals surface area (Å²) in [6.45, 7) is 2.25. The van der Waals surface area contributed by atoms with Crippen LogP contribution in [0.4, 0.5) is 0 Å². The van der Waals surface area contributed by atoms with Crippen LogP contribution in [0, 0.1) is 0 Å². The summed E-state index contributed by atoms with van der Waals surface area (Å²) in [5.74, 6) is 1.85. The molecule has 1 aliphatic heterocycles. The number of hydrogen-bond acceptors (Lipinski definition) is 3. The summed E-state index contributed by atoms with van der Waals surface area (Å²) >= 11 is 1.87. The summed E-state index contributed by atoms with van der Waals surface area (Å²) in [4.78, 5) is 10.0. The Kier molecular flexibility index (Phi) is 2.52. The first-order chi connectivity index (χ1) is 8.92. The van der Waals surface area contributed by atoms with Gasteiger partial charge in [0, 0.05) is 22.1 Å². The third-order valence-corrected chi connectivity index (χ3v) is 5.11. The number of nitrogens with one attached hydrogen (secondary N) is 2. The normalized spacial score (nSPS) is 19.6. The Morgan fingerprint density at radius 2 is 2.11 bits per heavy atom. The first-order valence-electron chi connectivity index (χ1n) is 6.78. The average Bonchev–Trinajstić information content (AvgIpc) is 3.05. The number of aromatic nitrogens is 2. The molecule has 2 N–H and O–H groups in total. The molecule has 2 aromatic rings. The van der Waals surface area contributed by atoms with E-state index in [4.69, 9.17) is 4.98 Å². The van der Waals surface area contributed by atoms with Crippen LogP contribution in [0.2, 0.25) is 0 Å². The molecule has 18 heavy (non-hydrogen) atoms. The summed E-state index contributed by atoms with van der Waals surface area (Å²) in [6, 6.07) is 2.23. The molecule has 0 spiro atoms. The molecule has 2 aliphatic rings. The van der Waals surface area contributed by atoms with Gasteiger partial charge in [-0.05, 0) is 50.2 Å². The molecule has 0 saturated carbocycles. The van der Waals surface area contributed by atoms with Crippen molar-refractivity contribution in [1.29, 1.82) is 0 Å². The van der Waals surface area contributed by atoms with Crippen LogP contribution in [-0.4, -0.2) is 23.1 Å². The SMILES string of the molecule is c1cc2c(s1)CCc1[nH]c(C3CCNCC3)nc1-2. The Morgan fingerprint density at radius 1 is 1.22 bits per heavy atom. The van der Waals surface area contributed by atoms with Crippen molar-refractivity contribution >= 4 is 11.3 Å². The number of aryl methyl sites for hydroxylation is 2. The Morgan fingerprint density at radius 3 is 3.00 bits per heavy atom. The Bertz CT molecular complexity index is 563. The number of imidazole rings is 1. The van der Waals surface area contributed by atoms with Gasteiger partial charge in [0.05, 0.1) is 5.69 Å². The predicted octanol–water partition coefficient (Wildman–Crippen LogP) is 2.70. The number of H-pyrrole nitrogens is 1. The zero-order chi connectivity index (χ0) is 11.9. The highest BCUT2D eigenvalue weighted by Crippen LogP contribution is 2.36. The van der Waals surface area contributed by atoms with Gasteiger partial charge >= 0.3 is 0 Å². The Hall–Kier alpha value is -1.13. The van der Waals surface area contributed by atoms with E-state index in [9.17, 15) is 0 Å². The lowest BCUT2D eigenvalue weighted by Gasteiger charge is -2.20. The maximum Gasteiger partial charge on any atom is 0.110 e. The van der Waals surface area contributed by atoms with Crippen molar-refractivity contribution in [1.82, 2.24) is 15.3 Å². The van der Waals surface area contributed by atoms with E-state index in [1.807, 2.05) is 11.3 Å². The van der Waals surface area contributed by atoms with E-state index in [0.29, 0.717) is 5.92 Å². The van der Waals surface area contributed by atoms with Crippen molar-refractivity contribution in [2.75, 3.05) is 13.1 Å². The lowest BCUT2D eigenvalue weighted by Crippen LogP contribution is -2.27. The van der Waals surface area contributed by atoms with Crippen molar-refractivity contribution in [3.8, 4) is 11.3 Å². The fourth-order valence-corrected chi connectivity index (χ4v) is 3.99. The number of fused-ring (bicyclic) bond motifs is 3. The van der Waals surface area contributed by atoms with Gasteiger partial charge in [-0.3, -0.25) is 0 Å². The van der Waals surface area contributed by atoms with Crippen LogP contribution >= 0.6 is 11.3 Å². The smallest absolute Gasteiger partial charge is 0.110 e. The van der Waals surface area contributed by atoms with E-state index in [0.717, 1.165) is 19.5 Å². The van der Waals surface area contributed by atoms with Crippen LogP contribution in [0.5, 0.6) is 0 Å². The third-order valence-electron chi connectivity index (χ3n) is 4.13. The number of hydrogen-bond donors (Lipinski definition) is 2. The predicted molar refractivity (Wildman–Crippen MR) is 74.2 cm³/mol. The van der Waals surface area contributed by atoms with E-state index in [1.54, 1.807) is 0 Å². The summed E-state index contributed by atoms with van der Waals surface area (Å²) in [5.41, 5.74) is 3.96. The number of piperidine rings is 1. The van der Waals surface area contributed by atoms with Gasteiger partial charge in [-0.15, -0.1) is 11.3 Å². The van der Waals surface area contributed by atoms with Crippen molar-refractivity contribution in [3.05, 3.63) is 27.8 Å². The second kappa shape index (κ2) is 4.21. The number of aromatic amines is 1. The third kappa shape index (κ3) is 1.63. The van der Waals surface area contributed by atoms with Crippen LogP contribution in [0.3, 0.4) is 0 Å². The fraction of sp³-hybridized carbons (Fsp3) is 0.500. The maximum absolute atomic E-state index is 4.91. The zero-order valence-electron chi connectivity index (χ0n) is 10.3. The van der Waals surface area contributed by atoms with Gasteiger partial charge in [0.15, 0.2) is 0 Å². The van der Waals surface area contributed by atoms with E-state index in [2.05, 4.69) is 21.7 Å². The van der Waals surface area contributed by atoms with Crippen molar-refractivity contribution in [2.45, 2.75) is 31.6 Å². The van der Waals surface area contributed by atoms with Gasteiger partial charge in [-0.1, -0.05) is 0 Å². The first-order valence-corrected chi connectivity index (χ1v) is 7.66. The molecule has 0 atom stereocenters. The highest BCUT2D eigenvalue weighted by atomic mass is 32.1. The number of nitrogens with zero attached hydrogens (tertiary/aromatic N) is 1. The largest absolute Gasteiger partial charge is 0.345 e. The molecule has 4 heteroatoms. The molecule has 94 valence electrons. The number of thiophene rings is 1. The van der Waals surface area contributed by atoms with Gasteiger partial charge in [-0.25, -0.2) is 4.98 Å². The van der Waals surface area contributed by atoms with Crippen LogP contribution < -0.4 is 5.32 Å². The summed E-state index contributed by atoms with van der Waals surface area (Å²) < 4.78 is 0. The maximum atomic E-state index is 4.91. The second-order valence-corrected chi connectivity index (χ2v) is 6.23. The molecule has 1 aliphatic carbocycles. The molecule has 0 bridgehead atoms. The Balaban J connectivity index is 1.73. The lowest BCUT2D eigenvalue weighted by atomic mass is 9.98. The molecule has 4 rings (SSSR count). The van der Waals surface area contributed by atoms with Crippen LogP contribution in [-0.2, 0) is 12.8 Å². The van der Waals surface area contributed by atoms with E-state index in [1.165, 1.54) is 46.9 Å². The molecule has 0 aromatic carbocycles. The van der Waals surface area contributed by atoms with E-state index < -0.39 is 0 Å². The Labute approximate surface area is 111 Å². The minimum atomic E-state index is 0.624. The van der Waals surface area contributed by atoms with Gasteiger partial charge in [0.2, 0.25) is 0 Å². The van der Waals surface area contributed by atoms with Crippen LogP contribution in [0.25, 0.3) is 11.3 Å². The van der Waals surface area contributed by atoms with Crippen molar-refractivity contribution in [2.24, 2.45) is 0 Å². The zero-order valence-corrected chi connectivity index (χ0v) is 11.1. The van der Waals surface area contributed by atoms with Crippen molar-refractivity contribution < 1.29 is 0 Å². The molecule has 0 unspecified atom stereocenters. The summed E-state index contributed by atoms with van der Waals surface area (Å²) in [6.07, 6.45) is 4.72. The fourth-order valence-electron chi connectivity index (χ4n) is 3.11. The first kappa shape index (κ1) is 10.8.